The first-order valence-corrected chi connectivity index (χ1v) is 6.88. The first-order valence-electron chi connectivity index (χ1n) is 6.88. The zero-order chi connectivity index (χ0) is 15.4. The molecule has 6 nitrogen and oxygen atoms in total. The molecule has 1 aromatic carbocycles. The average molecular weight is 297 g/mol. The van der Waals surface area contributed by atoms with Crippen molar-refractivity contribution >= 4 is 11.6 Å². The van der Waals surface area contributed by atoms with Crippen LogP contribution in [0.15, 0.2) is 53.8 Å². The van der Waals surface area contributed by atoms with Crippen molar-refractivity contribution in [3.8, 4) is 11.5 Å². The van der Waals surface area contributed by atoms with Gasteiger partial charge in [0.05, 0.1) is 11.4 Å². The van der Waals surface area contributed by atoms with E-state index in [2.05, 4.69) is 15.5 Å². The molecule has 1 amide bonds. The van der Waals surface area contributed by atoms with Crippen LogP contribution < -0.4 is 14.9 Å². The van der Waals surface area contributed by atoms with Crippen molar-refractivity contribution in [1.82, 2.24) is 10.4 Å². The fourth-order valence-electron chi connectivity index (χ4n) is 1.99. The number of nitrogens with one attached hydrogen (secondary N) is 1. The van der Waals surface area contributed by atoms with E-state index in [1.54, 1.807) is 25.3 Å². The van der Waals surface area contributed by atoms with Crippen LogP contribution >= 0.6 is 0 Å². The summed E-state index contributed by atoms with van der Waals surface area (Å²) < 4.78 is 11.1. The molecule has 0 fully saturated rings. The number of fused-ring (bicyclic) bond motifs is 1. The fourth-order valence-corrected chi connectivity index (χ4v) is 1.99. The molecule has 0 saturated heterocycles. The Labute approximate surface area is 127 Å². The summed E-state index contributed by atoms with van der Waals surface area (Å²) in [4.78, 5) is 16.3. The molecular weight excluding hydrogens is 282 g/mol. The molecule has 2 heterocycles. The normalized spacial score (nSPS) is 17.0. The van der Waals surface area contributed by atoms with Gasteiger partial charge in [0.15, 0.2) is 11.5 Å². The van der Waals surface area contributed by atoms with Crippen molar-refractivity contribution in [3.05, 3.63) is 54.4 Å². The Balaban J connectivity index is 1.64. The lowest BCUT2D eigenvalue weighted by Crippen LogP contribution is -2.42. The fraction of sp³-hybridized carbons (Fsp3) is 0.188. The summed E-state index contributed by atoms with van der Waals surface area (Å²) in [6, 6.07) is 12.7. The molecule has 0 bridgehead atoms. The maximum Gasteiger partial charge on any atom is 0.284 e. The molecule has 1 aliphatic heterocycles. The van der Waals surface area contributed by atoms with Gasteiger partial charge >= 0.3 is 0 Å². The number of ether oxygens (including phenoxy) is 2. The smallest absolute Gasteiger partial charge is 0.284 e. The number of hydrogen-bond acceptors (Lipinski definition) is 5. The molecule has 3 rings (SSSR count). The average Bonchev–Trinajstić information content (AvgIpc) is 2.59. The van der Waals surface area contributed by atoms with Gasteiger partial charge in [-0.05, 0) is 31.2 Å². The van der Waals surface area contributed by atoms with Crippen LogP contribution in [-0.2, 0) is 4.79 Å². The Morgan fingerprint density at radius 2 is 2.00 bits per heavy atom. The van der Waals surface area contributed by atoms with Crippen LogP contribution in [0, 0.1) is 0 Å². The minimum Gasteiger partial charge on any atom is -0.485 e. The van der Waals surface area contributed by atoms with E-state index >= 15 is 0 Å². The molecule has 1 aliphatic rings. The van der Waals surface area contributed by atoms with Gasteiger partial charge < -0.3 is 9.47 Å². The largest absolute Gasteiger partial charge is 0.485 e. The number of carbonyl (C=O) groups is 1. The predicted molar refractivity (Wildman–Crippen MR) is 80.9 cm³/mol. The summed E-state index contributed by atoms with van der Waals surface area (Å²) in [5, 5.41) is 4.04. The number of hydrogen-bond donors (Lipinski definition) is 1. The summed E-state index contributed by atoms with van der Waals surface area (Å²) in [6.45, 7) is 1.93. The molecule has 6 heteroatoms. The van der Waals surface area contributed by atoms with Gasteiger partial charge in [0, 0.05) is 6.20 Å². The molecule has 22 heavy (non-hydrogen) atoms. The molecule has 0 aliphatic carbocycles. The van der Waals surface area contributed by atoms with Gasteiger partial charge in [-0.1, -0.05) is 18.2 Å². The van der Waals surface area contributed by atoms with E-state index in [1.165, 1.54) is 0 Å². The standard InChI is InChI=1S/C16H15N3O3/c1-11(12-6-4-5-9-17-12)18-19-16(20)15-10-21-13-7-2-3-8-14(13)22-15/h2-9,15H,10H2,1H3,(H,19,20). The van der Waals surface area contributed by atoms with Crippen LogP contribution in [0.3, 0.4) is 0 Å². The zero-order valence-corrected chi connectivity index (χ0v) is 12.0. The topological polar surface area (TPSA) is 72.8 Å². The van der Waals surface area contributed by atoms with Gasteiger partial charge in [0.25, 0.3) is 5.91 Å². The summed E-state index contributed by atoms with van der Waals surface area (Å²) in [7, 11) is 0. The van der Waals surface area contributed by atoms with E-state index in [0.717, 1.165) is 0 Å². The Kier molecular flexibility index (Phi) is 4.00. The number of rotatable bonds is 3. The van der Waals surface area contributed by atoms with Crippen molar-refractivity contribution in [2.45, 2.75) is 13.0 Å². The second kappa shape index (κ2) is 6.26. The van der Waals surface area contributed by atoms with E-state index in [9.17, 15) is 4.79 Å². The highest BCUT2D eigenvalue weighted by molar-refractivity contribution is 5.97. The lowest BCUT2D eigenvalue weighted by molar-refractivity contribution is -0.130. The van der Waals surface area contributed by atoms with E-state index in [0.29, 0.717) is 22.9 Å². The number of hydrazone groups is 1. The summed E-state index contributed by atoms with van der Waals surface area (Å²) in [5.74, 6) is 0.837. The number of pyridine rings is 1. The third-order valence-electron chi connectivity index (χ3n) is 3.17. The Bertz CT molecular complexity index is 701. The molecular formula is C16H15N3O3. The molecule has 1 aromatic heterocycles. The molecule has 0 saturated carbocycles. The Hall–Kier alpha value is -2.89. The highest BCUT2D eigenvalue weighted by Gasteiger charge is 2.27. The van der Waals surface area contributed by atoms with Crippen molar-refractivity contribution in [1.29, 1.82) is 0 Å². The lowest BCUT2D eigenvalue weighted by atomic mass is 10.2. The van der Waals surface area contributed by atoms with Crippen LogP contribution in [0.25, 0.3) is 0 Å². The van der Waals surface area contributed by atoms with Gasteiger partial charge in [-0.2, -0.15) is 5.10 Å². The maximum absolute atomic E-state index is 12.1. The van der Waals surface area contributed by atoms with Gasteiger partial charge in [-0.15, -0.1) is 0 Å². The first-order chi connectivity index (χ1) is 10.7. The third kappa shape index (κ3) is 3.06. The van der Waals surface area contributed by atoms with Crippen LogP contribution in [0.1, 0.15) is 12.6 Å². The molecule has 2 aromatic rings. The summed E-state index contributed by atoms with van der Waals surface area (Å²) >= 11 is 0. The predicted octanol–water partition coefficient (Wildman–Crippen LogP) is 1.76. The van der Waals surface area contributed by atoms with Gasteiger partial charge in [-0.3, -0.25) is 9.78 Å². The molecule has 1 unspecified atom stereocenters. The summed E-state index contributed by atoms with van der Waals surface area (Å²) in [6.07, 6.45) is 0.945. The van der Waals surface area contributed by atoms with Gasteiger partial charge in [0.2, 0.25) is 6.10 Å². The number of para-hydroxylation sites is 2. The summed E-state index contributed by atoms with van der Waals surface area (Å²) in [5.41, 5.74) is 3.80. The number of carbonyl (C=O) groups excluding carboxylic acids is 1. The van der Waals surface area contributed by atoms with Crippen molar-refractivity contribution in [2.24, 2.45) is 5.10 Å². The van der Waals surface area contributed by atoms with Crippen LogP contribution in [-0.4, -0.2) is 29.3 Å². The minimum atomic E-state index is -0.727. The quantitative estimate of drug-likeness (QED) is 0.692. The SMILES string of the molecule is CC(=NNC(=O)C1COc2ccccc2O1)c1ccccn1. The monoisotopic (exact) mass is 297 g/mol. The van der Waals surface area contributed by atoms with E-state index in [1.807, 2.05) is 30.3 Å². The Morgan fingerprint density at radius 1 is 1.23 bits per heavy atom. The first kappa shape index (κ1) is 14.1. The van der Waals surface area contributed by atoms with Crippen LogP contribution in [0.5, 0.6) is 11.5 Å². The number of amides is 1. The van der Waals surface area contributed by atoms with Crippen LogP contribution in [0.2, 0.25) is 0 Å². The van der Waals surface area contributed by atoms with Gasteiger partial charge in [0.1, 0.15) is 6.61 Å². The lowest BCUT2D eigenvalue weighted by Gasteiger charge is -2.24. The van der Waals surface area contributed by atoms with E-state index < -0.39 is 6.10 Å². The van der Waals surface area contributed by atoms with Crippen molar-refractivity contribution < 1.29 is 14.3 Å². The number of aromatic nitrogens is 1. The zero-order valence-electron chi connectivity index (χ0n) is 12.0. The molecule has 1 atom stereocenters. The highest BCUT2D eigenvalue weighted by Crippen LogP contribution is 2.30. The number of benzene rings is 1. The minimum absolute atomic E-state index is 0.154. The van der Waals surface area contributed by atoms with Gasteiger partial charge in [-0.25, -0.2) is 5.43 Å². The second-order valence-electron chi connectivity index (χ2n) is 4.75. The van der Waals surface area contributed by atoms with E-state index in [4.69, 9.17) is 9.47 Å². The van der Waals surface area contributed by atoms with E-state index in [-0.39, 0.29) is 12.5 Å². The van der Waals surface area contributed by atoms with Crippen molar-refractivity contribution in [2.75, 3.05) is 6.61 Å². The Morgan fingerprint density at radius 3 is 2.77 bits per heavy atom. The molecule has 0 spiro atoms. The molecule has 1 N–H and O–H groups in total. The van der Waals surface area contributed by atoms with Crippen molar-refractivity contribution in [3.63, 3.8) is 0 Å². The maximum atomic E-state index is 12.1. The van der Waals surface area contributed by atoms with Crippen LogP contribution in [0.4, 0.5) is 0 Å². The molecule has 0 radical (unpaired) electrons. The third-order valence-corrected chi connectivity index (χ3v) is 3.17. The highest BCUT2D eigenvalue weighted by atomic mass is 16.6. The number of nitrogens with zero attached hydrogens (tertiary/aromatic N) is 2. The second-order valence-corrected chi connectivity index (χ2v) is 4.75. The molecule has 112 valence electrons.